The normalized spacial score (nSPS) is 19.3. The first-order valence-electron chi connectivity index (χ1n) is 17.4. The molecule has 0 unspecified atom stereocenters. The van der Waals surface area contributed by atoms with Crippen LogP contribution < -0.4 is 47.9 Å². The molecule has 0 aromatic heterocycles. The van der Waals surface area contributed by atoms with Crippen LogP contribution >= 0.6 is 0 Å². The van der Waals surface area contributed by atoms with Crippen molar-refractivity contribution in [3.05, 3.63) is 82.2 Å². The molecule has 2 N–H and O–H groups in total. The maximum Gasteiger partial charge on any atom is 0.310 e. The Bertz CT molecular complexity index is 2190. The second kappa shape index (κ2) is 15.4. The van der Waals surface area contributed by atoms with Crippen LogP contribution in [-0.4, -0.2) is 80.2 Å². The van der Waals surface area contributed by atoms with Gasteiger partial charge in [-0.1, -0.05) is 6.07 Å². The van der Waals surface area contributed by atoms with Crippen LogP contribution in [0.3, 0.4) is 0 Å². The van der Waals surface area contributed by atoms with Gasteiger partial charge < -0.3 is 57.8 Å². The Morgan fingerprint density at radius 3 is 1.96 bits per heavy atom. The van der Waals surface area contributed by atoms with Gasteiger partial charge in [-0.3, -0.25) is 9.59 Å². The molecule has 7 rings (SSSR count). The van der Waals surface area contributed by atoms with E-state index in [2.05, 4.69) is 5.32 Å². The van der Waals surface area contributed by atoms with Gasteiger partial charge in [0.15, 0.2) is 46.1 Å². The predicted octanol–water partition coefficient (Wildman–Crippen LogP) is 5.76. The van der Waals surface area contributed by atoms with Crippen LogP contribution in [0.4, 0.5) is 10.1 Å². The van der Waals surface area contributed by atoms with E-state index in [9.17, 15) is 14.7 Å². The smallest absolute Gasteiger partial charge is 0.310 e. The standard InChI is InChI=1S/C41H40FNO13/c1-47-26-9-8-19(11-25(26)42)10-22(20-12-27(48-2)37(52-6)28(13-20)49-3)40(45)43-35-33-23(16-31-39(35)56-18-55-31)36(44)24-17-54-41(46)34(24)32(33)21-14-29(50-4)38(53-7)30(15-21)51-5/h8-16,24,32,34,36,44H,17-18H2,1-7H3,(H,43,45)/b22-10+/t24-,32+,34-,36-/m0/s1. The van der Waals surface area contributed by atoms with Gasteiger partial charge >= 0.3 is 5.97 Å². The number of aliphatic hydroxyl groups is 1. The van der Waals surface area contributed by atoms with E-state index in [1.54, 1.807) is 36.4 Å². The van der Waals surface area contributed by atoms with Gasteiger partial charge in [0.1, 0.15) is 0 Å². The number of halogens is 1. The highest BCUT2D eigenvalue weighted by molar-refractivity contribution is 6.29. The number of methoxy groups -OCH3 is 7. The molecule has 1 amide bonds. The number of anilines is 1. The largest absolute Gasteiger partial charge is 0.494 e. The van der Waals surface area contributed by atoms with E-state index in [1.807, 2.05) is 0 Å². The Hall–Kier alpha value is -6.35. The van der Waals surface area contributed by atoms with E-state index in [-0.39, 0.29) is 59.2 Å². The molecule has 15 heteroatoms. The molecule has 0 radical (unpaired) electrons. The fraction of sp³-hybridized carbons (Fsp3) is 0.317. The van der Waals surface area contributed by atoms with E-state index in [1.165, 1.54) is 68.0 Å². The lowest BCUT2D eigenvalue weighted by Gasteiger charge is -2.38. The van der Waals surface area contributed by atoms with Crippen LogP contribution in [0.15, 0.2) is 48.5 Å². The number of cyclic esters (lactones) is 1. The molecule has 1 aliphatic carbocycles. The number of fused-ring (bicyclic) bond motifs is 3. The summed E-state index contributed by atoms with van der Waals surface area (Å²) in [4.78, 5) is 28.6. The third-order valence-corrected chi connectivity index (χ3v) is 10.3. The lowest BCUT2D eigenvalue weighted by atomic mass is 9.65. The van der Waals surface area contributed by atoms with Gasteiger partial charge in [0.05, 0.1) is 74.1 Å². The van der Waals surface area contributed by atoms with Crippen molar-refractivity contribution in [3.8, 4) is 51.7 Å². The maximum atomic E-state index is 15.0. The van der Waals surface area contributed by atoms with E-state index < -0.39 is 41.6 Å². The number of ether oxygens (including phenoxy) is 10. The van der Waals surface area contributed by atoms with Crippen molar-refractivity contribution in [1.82, 2.24) is 0 Å². The molecule has 0 spiro atoms. The van der Waals surface area contributed by atoms with Crippen molar-refractivity contribution in [1.29, 1.82) is 0 Å². The molecule has 3 aliphatic rings. The fourth-order valence-corrected chi connectivity index (χ4v) is 7.71. The Morgan fingerprint density at radius 2 is 1.39 bits per heavy atom. The molecule has 14 nitrogen and oxygen atoms in total. The van der Waals surface area contributed by atoms with Crippen LogP contribution in [0, 0.1) is 17.7 Å². The number of esters is 1. The average Bonchev–Trinajstić information content (AvgIpc) is 3.85. The van der Waals surface area contributed by atoms with Gasteiger partial charge in [-0.25, -0.2) is 4.39 Å². The Labute approximate surface area is 321 Å². The molecule has 0 bridgehead atoms. The van der Waals surface area contributed by atoms with Crippen molar-refractivity contribution in [2.24, 2.45) is 11.8 Å². The number of aliphatic hydroxyl groups excluding tert-OH is 1. The summed E-state index contributed by atoms with van der Waals surface area (Å²) in [6, 6.07) is 12.5. The first kappa shape index (κ1) is 37.9. The Kier molecular flexibility index (Phi) is 10.4. The van der Waals surface area contributed by atoms with Crippen LogP contribution in [-0.2, 0) is 14.3 Å². The van der Waals surface area contributed by atoms with Gasteiger partial charge in [0, 0.05) is 17.4 Å². The number of rotatable bonds is 12. The molecule has 4 aromatic rings. The highest BCUT2D eigenvalue weighted by Gasteiger charge is 2.53. The second-order valence-electron chi connectivity index (χ2n) is 13.0. The van der Waals surface area contributed by atoms with E-state index in [0.29, 0.717) is 45.1 Å². The first-order valence-corrected chi connectivity index (χ1v) is 17.4. The number of nitrogens with one attached hydrogen (secondary N) is 1. The van der Waals surface area contributed by atoms with Crippen molar-refractivity contribution < 1.29 is 66.5 Å². The third kappa shape index (κ3) is 6.36. The lowest BCUT2D eigenvalue weighted by molar-refractivity contribution is -0.141. The zero-order valence-electron chi connectivity index (χ0n) is 31.6. The topological polar surface area (TPSA) is 159 Å². The van der Waals surface area contributed by atoms with Gasteiger partial charge in [-0.2, -0.15) is 0 Å². The van der Waals surface area contributed by atoms with Crippen LogP contribution in [0.1, 0.15) is 39.8 Å². The van der Waals surface area contributed by atoms with Crippen molar-refractivity contribution in [2.75, 3.05) is 68.5 Å². The molecule has 1 saturated heterocycles. The van der Waals surface area contributed by atoms with Gasteiger partial charge in [-0.05, 0) is 76.4 Å². The van der Waals surface area contributed by atoms with E-state index >= 15 is 4.39 Å². The molecule has 4 atom stereocenters. The molecule has 0 saturated carbocycles. The number of hydrogen-bond donors (Lipinski definition) is 2. The van der Waals surface area contributed by atoms with Crippen LogP contribution in [0.2, 0.25) is 0 Å². The molecule has 1 fully saturated rings. The number of amides is 1. The fourth-order valence-electron chi connectivity index (χ4n) is 7.71. The predicted molar refractivity (Wildman–Crippen MR) is 199 cm³/mol. The van der Waals surface area contributed by atoms with Crippen LogP contribution in [0.5, 0.6) is 51.7 Å². The van der Waals surface area contributed by atoms with Gasteiger partial charge in [-0.15, -0.1) is 0 Å². The zero-order valence-corrected chi connectivity index (χ0v) is 31.6. The lowest BCUT2D eigenvalue weighted by Crippen LogP contribution is -2.35. The van der Waals surface area contributed by atoms with Crippen molar-refractivity contribution in [3.63, 3.8) is 0 Å². The molecular weight excluding hydrogens is 733 g/mol. The minimum Gasteiger partial charge on any atom is -0.494 e. The van der Waals surface area contributed by atoms with Gasteiger partial charge in [0.25, 0.3) is 5.91 Å². The highest BCUT2D eigenvalue weighted by atomic mass is 19.1. The molecule has 2 heterocycles. The van der Waals surface area contributed by atoms with Crippen molar-refractivity contribution >= 4 is 29.2 Å². The minimum absolute atomic E-state index is 0.0182. The number of carbonyl (C=O) groups is 2. The van der Waals surface area contributed by atoms with Crippen LogP contribution in [0.25, 0.3) is 11.6 Å². The molecular formula is C41H40FNO13. The molecule has 294 valence electrons. The third-order valence-electron chi connectivity index (χ3n) is 10.3. The van der Waals surface area contributed by atoms with Crippen molar-refractivity contribution in [2.45, 2.75) is 12.0 Å². The summed E-state index contributed by atoms with van der Waals surface area (Å²) in [7, 11) is 10.1. The Morgan fingerprint density at radius 1 is 0.786 bits per heavy atom. The van der Waals surface area contributed by atoms with Gasteiger partial charge in [0.2, 0.25) is 18.3 Å². The summed E-state index contributed by atoms with van der Waals surface area (Å²) in [6.45, 7) is -0.213. The minimum atomic E-state index is -1.20. The first-order chi connectivity index (χ1) is 27.1. The number of hydrogen-bond acceptors (Lipinski definition) is 13. The summed E-state index contributed by atoms with van der Waals surface area (Å²) in [6.07, 6.45) is 0.291. The monoisotopic (exact) mass is 773 g/mol. The van der Waals surface area contributed by atoms with E-state index in [4.69, 9.17) is 47.4 Å². The summed E-state index contributed by atoms with van der Waals surface area (Å²) in [5.74, 6) is -2.02. The van der Waals surface area contributed by atoms with E-state index in [0.717, 1.165) is 0 Å². The molecule has 56 heavy (non-hydrogen) atoms. The zero-order chi connectivity index (χ0) is 39.8. The number of carbonyl (C=O) groups excluding carboxylic acids is 2. The second-order valence-corrected chi connectivity index (χ2v) is 13.0. The SMILES string of the molecule is COc1ccc(/C=C(/C(=O)Nc2c3c(cc4c2[C@@H](c2cc(OC)c(OC)c(OC)c2)[C@H]2C(=O)OC[C@@H]2[C@H]4O)OCO3)c2cc(OC)c(OC)c(OC)c2)cc1F. The quantitative estimate of drug-likeness (QED) is 0.102. The number of benzene rings is 4. The summed E-state index contributed by atoms with van der Waals surface area (Å²) < 4.78 is 71.2. The Balaban J connectivity index is 1.46. The maximum absolute atomic E-state index is 15.0. The molecule has 4 aromatic carbocycles. The summed E-state index contributed by atoms with van der Waals surface area (Å²) in [5.41, 5.74) is 2.12. The highest BCUT2D eigenvalue weighted by Crippen LogP contribution is 2.59. The average molecular weight is 774 g/mol. The molecule has 2 aliphatic heterocycles. The summed E-state index contributed by atoms with van der Waals surface area (Å²) in [5, 5.41) is 14.9. The summed E-state index contributed by atoms with van der Waals surface area (Å²) >= 11 is 0.